The summed E-state index contributed by atoms with van der Waals surface area (Å²) in [6.45, 7) is 5.48. The summed E-state index contributed by atoms with van der Waals surface area (Å²) in [5.74, 6) is -0.00875. The van der Waals surface area contributed by atoms with Crippen molar-refractivity contribution < 1.29 is 31.2 Å². The molecule has 0 aliphatic carbocycles. The molecule has 5 rings (SSSR count). The zero-order valence-corrected chi connectivity index (χ0v) is 23.1. The van der Waals surface area contributed by atoms with Gasteiger partial charge in [-0.25, -0.2) is 17.5 Å². The van der Waals surface area contributed by atoms with Crippen LogP contribution in [0.5, 0.6) is 0 Å². The molecule has 3 aliphatic heterocycles. The monoisotopic (exact) mass is 583 g/mol. The summed E-state index contributed by atoms with van der Waals surface area (Å²) in [5, 5.41) is 6.61. The van der Waals surface area contributed by atoms with Crippen LogP contribution in [-0.4, -0.2) is 103 Å². The molecule has 0 atom stereocenters. The number of carbonyl (C=O) groups excluding carboxylic acids is 2. The number of piperazine rings is 1. The first-order chi connectivity index (χ1) is 18.7. The summed E-state index contributed by atoms with van der Waals surface area (Å²) in [6.07, 6.45) is -1.11. The van der Waals surface area contributed by atoms with Crippen LogP contribution in [0.1, 0.15) is 24.5 Å². The Morgan fingerprint density at radius 2 is 1.75 bits per heavy atom. The van der Waals surface area contributed by atoms with Crippen molar-refractivity contribution in [2.24, 2.45) is 5.41 Å². The predicted molar refractivity (Wildman–Crippen MR) is 141 cm³/mol. The number of benzene rings is 1. The highest BCUT2D eigenvalue weighted by molar-refractivity contribution is 7.88. The Balaban J connectivity index is 1.25. The third-order valence-electron chi connectivity index (χ3n) is 7.81. The Kier molecular flexibility index (Phi) is 7.33. The zero-order chi connectivity index (χ0) is 28.9. The minimum absolute atomic E-state index is 0.243. The first-order valence-corrected chi connectivity index (χ1v) is 14.8. The molecule has 218 valence electrons. The highest BCUT2D eigenvalue weighted by atomic mass is 32.2. The van der Waals surface area contributed by atoms with Gasteiger partial charge < -0.3 is 15.1 Å². The van der Waals surface area contributed by atoms with E-state index in [9.17, 15) is 31.2 Å². The fourth-order valence-corrected chi connectivity index (χ4v) is 6.68. The van der Waals surface area contributed by atoms with Crippen molar-refractivity contribution in [2.75, 3.05) is 68.8 Å². The van der Waals surface area contributed by atoms with Crippen molar-refractivity contribution in [1.82, 2.24) is 23.9 Å². The Hall–Kier alpha value is -3.17. The Labute approximate surface area is 230 Å². The molecule has 2 aromatic rings. The van der Waals surface area contributed by atoms with Gasteiger partial charge in [0.05, 0.1) is 11.8 Å². The van der Waals surface area contributed by atoms with Gasteiger partial charge in [-0.05, 0) is 24.1 Å². The summed E-state index contributed by atoms with van der Waals surface area (Å²) >= 11 is 0. The number of alkyl halides is 3. The van der Waals surface area contributed by atoms with Gasteiger partial charge >= 0.3 is 12.2 Å². The molecule has 1 aromatic carbocycles. The molecule has 1 aromatic heterocycles. The van der Waals surface area contributed by atoms with Crippen molar-refractivity contribution in [1.29, 1.82) is 0 Å². The van der Waals surface area contributed by atoms with Gasteiger partial charge in [0.1, 0.15) is 0 Å². The standard InChI is InChI=1S/C25H32F3N7O4S/c1-18(36)29-22-5-7-35(30-22)23(37)32-11-9-31(10-12-32)14-19-3-4-20(25(26,27)28)13-21(19)33-8-6-24(15-33)16-34(17-24)40(2,38)39/h3-5,7,13H,6,8-12,14-17H2,1-2H3,(H,29,30,36). The van der Waals surface area contributed by atoms with E-state index in [0.717, 1.165) is 11.6 Å². The van der Waals surface area contributed by atoms with Crippen LogP contribution in [0, 0.1) is 5.41 Å². The molecule has 2 amide bonds. The summed E-state index contributed by atoms with van der Waals surface area (Å²) in [6, 6.07) is 5.04. The molecule has 3 saturated heterocycles. The molecule has 11 nitrogen and oxygen atoms in total. The number of hydrogen-bond acceptors (Lipinski definition) is 7. The first kappa shape index (κ1) is 28.4. The summed E-state index contributed by atoms with van der Waals surface area (Å²) in [7, 11) is -3.29. The van der Waals surface area contributed by atoms with Crippen LogP contribution in [0.25, 0.3) is 0 Å². The Morgan fingerprint density at radius 1 is 1.05 bits per heavy atom. The summed E-state index contributed by atoms with van der Waals surface area (Å²) in [5.41, 5.74) is 0.320. The van der Waals surface area contributed by atoms with Crippen LogP contribution in [0.15, 0.2) is 30.5 Å². The van der Waals surface area contributed by atoms with E-state index in [-0.39, 0.29) is 23.2 Å². The topological polar surface area (TPSA) is 111 Å². The SMILES string of the molecule is CC(=O)Nc1ccn(C(=O)N2CCN(Cc3ccc(C(F)(F)F)cc3N3CCC4(C3)CN(S(C)(=O)=O)C4)CC2)n1. The average Bonchev–Trinajstić information content (AvgIpc) is 3.50. The lowest BCUT2D eigenvalue weighted by Crippen LogP contribution is -2.59. The lowest BCUT2D eigenvalue weighted by molar-refractivity contribution is -0.137. The van der Waals surface area contributed by atoms with Gasteiger partial charge in [-0.2, -0.15) is 17.9 Å². The van der Waals surface area contributed by atoms with Gasteiger partial charge in [0.25, 0.3) is 0 Å². The van der Waals surface area contributed by atoms with Gasteiger partial charge in [-0.1, -0.05) is 6.07 Å². The van der Waals surface area contributed by atoms with Crippen molar-refractivity contribution in [3.8, 4) is 0 Å². The molecule has 0 saturated carbocycles. The second-order valence-electron chi connectivity index (χ2n) is 10.9. The average molecular weight is 584 g/mol. The Morgan fingerprint density at radius 3 is 2.38 bits per heavy atom. The number of rotatable bonds is 5. The number of sulfonamides is 1. The molecule has 1 N–H and O–H groups in total. The van der Waals surface area contributed by atoms with Crippen molar-refractivity contribution in [3.63, 3.8) is 0 Å². The maximum Gasteiger partial charge on any atom is 0.416 e. The van der Waals surface area contributed by atoms with E-state index in [0.29, 0.717) is 71.0 Å². The lowest BCUT2D eigenvalue weighted by Gasteiger charge is -2.46. The minimum atomic E-state index is -4.48. The van der Waals surface area contributed by atoms with E-state index in [1.807, 2.05) is 4.90 Å². The third-order valence-corrected chi connectivity index (χ3v) is 9.01. The molecular weight excluding hydrogens is 551 g/mol. The van der Waals surface area contributed by atoms with E-state index in [4.69, 9.17) is 0 Å². The third kappa shape index (κ3) is 5.95. The molecular formula is C25H32F3N7O4S. The van der Waals surface area contributed by atoms with Gasteiger partial charge in [0, 0.05) is 89.2 Å². The summed E-state index contributed by atoms with van der Waals surface area (Å²) < 4.78 is 67.1. The number of halogens is 3. The zero-order valence-electron chi connectivity index (χ0n) is 22.3. The molecule has 3 aliphatic rings. The second-order valence-corrected chi connectivity index (χ2v) is 12.9. The summed E-state index contributed by atoms with van der Waals surface area (Å²) in [4.78, 5) is 29.7. The highest BCUT2D eigenvalue weighted by Crippen LogP contribution is 2.44. The number of amides is 2. The van der Waals surface area contributed by atoms with Crippen LogP contribution >= 0.6 is 0 Å². The number of nitrogens with zero attached hydrogens (tertiary/aromatic N) is 6. The predicted octanol–water partition coefficient (Wildman–Crippen LogP) is 2.12. The quantitative estimate of drug-likeness (QED) is 0.574. The number of aromatic nitrogens is 2. The van der Waals surface area contributed by atoms with Gasteiger partial charge in [-0.15, -0.1) is 5.10 Å². The normalized spacial score (nSPS) is 20.1. The smallest absolute Gasteiger partial charge is 0.371 e. The molecule has 0 unspecified atom stereocenters. The van der Waals surface area contributed by atoms with Crippen LogP contribution in [-0.2, 0) is 27.5 Å². The number of nitrogens with one attached hydrogen (secondary N) is 1. The van der Waals surface area contributed by atoms with Crippen molar-refractivity contribution in [3.05, 3.63) is 41.6 Å². The van der Waals surface area contributed by atoms with Gasteiger partial charge in [0.15, 0.2) is 5.82 Å². The van der Waals surface area contributed by atoms with Crippen molar-refractivity contribution in [2.45, 2.75) is 26.1 Å². The molecule has 3 fully saturated rings. The maximum atomic E-state index is 13.6. The molecule has 0 radical (unpaired) electrons. The molecule has 0 bridgehead atoms. The number of carbonyl (C=O) groups is 2. The van der Waals surface area contributed by atoms with Crippen LogP contribution in [0.4, 0.5) is 29.5 Å². The largest absolute Gasteiger partial charge is 0.416 e. The Bertz CT molecular complexity index is 1400. The fraction of sp³-hybridized carbons (Fsp3) is 0.560. The molecule has 4 heterocycles. The van der Waals surface area contributed by atoms with Crippen LogP contribution < -0.4 is 10.2 Å². The van der Waals surface area contributed by atoms with Crippen LogP contribution in [0.2, 0.25) is 0 Å². The van der Waals surface area contributed by atoms with E-state index in [1.165, 1.54) is 46.6 Å². The molecule has 1 spiro atoms. The highest BCUT2D eigenvalue weighted by Gasteiger charge is 2.51. The number of hydrogen-bond donors (Lipinski definition) is 1. The second kappa shape index (κ2) is 10.3. The molecule has 15 heteroatoms. The van der Waals surface area contributed by atoms with Gasteiger partial charge in [0.2, 0.25) is 15.9 Å². The lowest BCUT2D eigenvalue weighted by atomic mass is 9.81. The minimum Gasteiger partial charge on any atom is -0.371 e. The van der Waals surface area contributed by atoms with Crippen molar-refractivity contribution >= 4 is 33.5 Å². The van der Waals surface area contributed by atoms with E-state index in [1.54, 1.807) is 4.90 Å². The maximum absolute atomic E-state index is 13.6. The first-order valence-electron chi connectivity index (χ1n) is 13.0. The van der Waals surface area contributed by atoms with Crippen LogP contribution in [0.3, 0.4) is 0 Å². The fourth-order valence-electron chi connectivity index (χ4n) is 5.66. The van der Waals surface area contributed by atoms with Gasteiger partial charge in [-0.3, -0.25) is 9.69 Å². The van der Waals surface area contributed by atoms with E-state index < -0.39 is 21.8 Å². The molecule has 40 heavy (non-hydrogen) atoms. The van der Waals surface area contributed by atoms with E-state index in [2.05, 4.69) is 15.3 Å². The van der Waals surface area contributed by atoms with E-state index >= 15 is 0 Å². The number of anilines is 2.